The van der Waals surface area contributed by atoms with E-state index in [-0.39, 0.29) is 17.5 Å². The van der Waals surface area contributed by atoms with Crippen LogP contribution >= 0.6 is 27.7 Å². The van der Waals surface area contributed by atoms with Crippen LogP contribution < -0.4 is 19.1 Å². The van der Waals surface area contributed by atoms with E-state index in [1.807, 2.05) is 32.0 Å². The highest BCUT2D eigenvalue weighted by atomic mass is 79.9. The Morgan fingerprint density at radius 3 is 2.63 bits per heavy atom. The lowest BCUT2D eigenvalue weighted by atomic mass is 10.1. The standard InChI is InChI=1S/C24H23BrN4O5S/c1-5-32-19-12-15(25)11-17(21(19)33-14(4)31)23-29(13(3)30)18-10-8-7-9-16(18)20-22(34-23)26-24(28-27-20)35-6-2/h7-12,23H,5-6H2,1-4H3/t23-/m1/s1. The molecule has 2 heterocycles. The van der Waals surface area contributed by atoms with Gasteiger partial charge in [0.25, 0.3) is 0 Å². The summed E-state index contributed by atoms with van der Waals surface area (Å²) in [6.45, 7) is 6.89. The van der Waals surface area contributed by atoms with Gasteiger partial charge in [0.05, 0.1) is 17.9 Å². The first-order valence-corrected chi connectivity index (χ1v) is 12.7. The van der Waals surface area contributed by atoms with E-state index >= 15 is 0 Å². The minimum absolute atomic E-state index is 0.157. The Kier molecular flexibility index (Phi) is 7.56. The van der Waals surface area contributed by atoms with Gasteiger partial charge in [-0.3, -0.25) is 14.5 Å². The van der Waals surface area contributed by atoms with Gasteiger partial charge < -0.3 is 14.2 Å². The monoisotopic (exact) mass is 558 g/mol. The summed E-state index contributed by atoms with van der Waals surface area (Å²) in [6, 6.07) is 10.7. The molecule has 1 aliphatic heterocycles. The summed E-state index contributed by atoms with van der Waals surface area (Å²) in [5, 5.41) is 9.05. The Morgan fingerprint density at radius 2 is 1.94 bits per heavy atom. The number of benzene rings is 2. The van der Waals surface area contributed by atoms with Crippen molar-refractivity contribution in [2.45, 2.75) is 39.1 Å². The molecule has 0 spiro atoms. The van der Waals surface area contributed by atoms with Crippen molar-refractivity contribution in [3.05, 3.63) is 46.4 Å². The van der Waals surface area contributed by atoms with Crippen LogP contribution in [0.2, 0.25) is 0 Å². The Balaban J connectivity index is 2.01. The van der Waals surface area contributed by atoms with Crippen molar-refractivity contribution in [1.29, 1.82) is 0 Å². The molecule has 1 atom stereocenters. The van der Waals surface area contributed by atoms with Crippen LogP contribution in [0.1, 0.15) is 39.5 Å². The molecule has 0 aliphatic carbocycles. The Morgan fingerprint density at radius 1 is 1.17 bits per heavy atom. The van der Waals surface area contributed by atoms with E-state index in [4.69, 9.17) is 14.2 Å². The number of carbonyl (C=O) groups is 2. The fourth-order valence-corrected chi connectivity index (χ4v) is 4.69. The van der Waals surface area contributed by atoms with E-state index in [0.29, 0.717) is 44.5 Å². The third-order valence-corrected chi connectivity index (χ3v) is 6.16. The zero-order valence-corrected chi connectivity index (χ0v) is 22.0. The second-order valence-corrected chi connectivity index (χ2v) is 9.55. The van der Waals surface area contributed by atoms with Crippen LogP contribution in [0.4, 0.5) is 5.69 Å². The SMILES string of the molecule is CCOc1cc(Br)cc([C@H]2Oc3nc(SCC)nnc3-c3ccccc3N2C(C)=O)c1OC(C)=O. The zero-order valence-electron chi connectivity index (χ0n) is 19.6. The number of aromatic nitrogens is 3. The van der Waals surface area contributed by atoms with Crippen molar-refractivity contribution in [3.8, 4) is 28.6 Å². The minimum Gasteiger partial charge on any atom is -0.490 e. The van der Waals surface area contributed by atoms with Crippen LogP contribution in [0.25, 0.3) is 11.3 Å². The van der Waals surface area contributed by atoms with Gasteiger partial charge in [0.1, 0.15) is 0 Å². The molecule has 2 aromatic carbocycles. The van der Waals surface area contributed by atoms with Crippen LogP contribution in [-0.4, -0.2) is 39.4 Å². The smallest absolute Gasteiger partial charge is 0.308 e. The number of para-hydroxylation sites is 1. The molecule has 0 saturated heterocycles. The molecule has 9 nitrogen and oxygen atoms in total. The Bertz CT molecular complexity index is 1290. The van der Waals surface area contributed by atoms with Gasteiger partial charge in [-0.05, 0) is 30.9 Å². The van der Waals surface area contributed by atoms with Crippen molar-refractivity contribution >= 4 is 45.3 Å². The molecular weight excluding hydrogens is 536 g/mol. The average molecular weight is 559 g/mol. The van der Waals surface area contributed by atoms with E-state index < -0.39 is 12.2 Å². The van der Waals surface area contributed by atoms with Crippen LogP contribution in [0.15, 0.2) is 46.0 Å². The molecule has 0 fully saturated rings. The number of fused-ring (bicyclic) bond motifs is 3. The number of carbonyl (C=O) groups excluding carboxylic acids is 2. The van der Waals surface area contributed by atoms with Gasteiger partial charge in [0.15, 0.2) is 17.2 Å². The molecule has 0 N–H and O–H groups in total. The largest absolute Gasteiger partial charge is 0.490 e. The van der Waals surface area contributed by atoms with Crippen LogP contribution in [0.5, 0.6) is 17.4 Å². The highest BCUT2D eigenvalue weighted by molar-refractivity contribution is 9.10. The zero-order chi connectivity index (χ0) is 25.1. The van der Waals surface area contributed by atoms with Crippen molar-refractivity contribution < 1.29 is 23.8 Å². The summed E-state index contributed by atoms with van der Waals surface area (Å²) in [4.78, 5) is 31.2. The van der Waals surface area contributed by atoms with E-state index in [2.05, 4.69) is 31.1 Å². The first-order chi connectivity index (χ1) is 16.8. The van der Waals surface area contributed by atoms with Gasteiger partial charge >= 0.3 is 5.97 Å². The number of halogens is 1. The van der Waals surface area contributed by atoms with Gasteiger partial charge in [-0.15, -0.1) is 10.2 Å². The number of amides is 1. The van der Waals surface area contributed by atoms with E-state index in [1.54, 1.807) is 18.2 Å². The van der Waals surface area contributed by atoms with E-state index in [1.165, 1.54) is 30.5 Å². The molecule has 0 unspecified atom stereocenters. The number of esters is 1. The topological polar surface area (TPSA) is 104 Å². The molecule has 0 radical (unpaired) electrons. The first-order valence-electron chi connectivity index (χ1n) is 10.9. The third kappa shape index (κ3) is 5.10. The van der Waals surface area contributed by atoms with Crippen molar-refractivity contribution in [3.63, 3.8) is 0 Å². The maximum absolute atomic E-state index is 13.1. The lowest BCUT2D eigenvalue weighted by Crippen LogP contribution is -2.36. The summed E-state index contributed by atoms with van der Waals surface area (Å²) in [6.07, 6.45) is -1.04. The maximum atomic E-state index is 13.1. The van der Waals surface area contributed by atoms with Crippen molar-refractivity contribution in [2.24, 2.45) is 0 Å². The summed E-state index contributed by atoms with van der Waals surface area (Å²) >= 11 is 4.92. The number of hydrogen-bond donors (Lipinski definition) is 0. The van der Waals surface area contributed by atoms with Crippen LogP contribution in [0.3, 0.4) is 0 Å². The molecule has 11 heteroatoms. The summed E-state index contributed by atoms with van der Waals surface area (Å²) in [7, 11) is 0. The molecular formula is C24H23BrN4O5S. The molecule has 4 rings (SSSR count). The van der Waals surface area contributed by atoms with Crippen molar-refractivity contribution in [2.75, 3.05) is 17.3 Å². The highest BCUT2D eigenvalue weighted by Gasteiger charge is 2.37. The second kappa shape index (κ2) is 10.6. The van der Waals surface area contributed by atoms with Gasteiger partial charge in [0, 0.05) is 23.9 Å². The first kappa shape index (κ1) is 24.9. The minimum atomic E-state index is -1.04. The van der Waals surface area contributed by atoms with Crippen LogP contribution in [-0.2, 0) is 9.59 Å². The maximum Gasteiger partial charge on any atom is 0.308 e. The molecule has 1 amide bonds. The van der Waals surface area contributed by atoms with E-state index in [9.17, 15) is 9.59 Å². The fourth-order valence-electron chi connectivity index (χ4n) is 3.73. The summed E-state index contributed by atoms with van der Waals surface area (Å²) in [5.41, 5.74) is 2.01. The number of nitrogens with zero attached hydrogens (tertiary/aromatic N) is 4. The second-order valence-electron chi connectivity index (χ2n) is 7.41. The summed E-state index contributed by atoms with van der Waals surface area (Å²) < 4.78 is 18.4. The lowest BCUT2D eigenvalue weighted by molar-refractivity contribution is -0.132. The molecule has 3 aromatic rings. The molecule has 1 aliphatic rings. The number of hydrogen-bond acceptors (Lipinski definition) is 9. The number of thioether (sulfide) groups is 1. The molecule has 1 aromatic heterocycles. The Labute approximate surface area is 215 Å². The van der Waals surface area contributed by atoms with Crippen molar-refractivity contribution in [1.82, 2.24) is 15.2 Å². The predicted molar refractivity (Wildman–Crippen MR) is 135 cm³/mol. The quantitative estimate of drug-likeness (QED) is 0.230. The van der Waals surface area contributed by atoms with Gasteiger partial charge in [-0.1, -0.05) is 52.8 Å². The fraction of sp³-hybridized carbons (Fsp3) is 0.292. The molecule has 182 valence electrons. The van der Waals surface area contributed by atoms with E-state index in [0.717, 1.165) is 5.75 Å². The highest BCUT2D eigenvalue weighted by Crippen LogP contribution is 2.47. The molecule has 0 bridgehead atoms. The van der Waals surface area contributed by atoms with Gasteiger partial charge in [-0.25, -0.2) is 0 Å². The van der Waals surface area contributed by atoms with Gasteiger partial charge in [0.2, 0.25) is 23.2 Å². The third-order valence-electron chi connectivity index (χ3n) is 4.98. The normalized spacial score (nSPS) is 14.3. The molecule has 35 heavy (non-hydrogen) atoms. The molecule has 0 saturated carbocycles. The predicted octanol–water partition coefficient (Wildman–Crippen LogP) is 5.18. The summed E-state index contributed by atoms with van der Waals surface area (Å²) in [5.74, 6) is 0.621. The van der Waals surface area contributed by atoms with Crippen LogP contribution in [0, 0.1) is 0 Å². The number of rotatable bonds is 6. The lowest BCUT2D eigenvalue weighted by Gasteiger charge is -2.31. The Hall–Kier alpha value is -3.18. The average Bonchev–Trinajstić information content (AvgIpc) is 2.95. The number of anilines is 1. The van der Waals surface area contributed by atoms with Gasteiger partial charge in [-0.2, -0.15) is 4.98 Å². The number of ether oxygens (including phenoxy) is 3.